The maximum absolute atomic E-state index is 13.4. The predicted octanol–water partition coefficient (Wildman–Crippen LogP) is 3.45. The fourth-order valence-electron chi connectivity index (χ4n) is 4.59. The first kappa shape index (κ1) is 24.3. The van der Waals surface area contributed by atoms with Crippen molar-refractivity contribution < 1.29 is 14.7 Å². The van der Waals surface area contributed by atoms with Crippen LogP contribution in [0.15, 0.2) is 24.3 Å². The molecule has 3 N–H and O–H groups in total. The van der Waals surface area contributed by atoms with Crippen molar-refractivity contribution in [3.05, 3.63) is 35.5 Å². The molecule has 1 fully saturated rings. The summed E-state index contributed by atoms with van der Waals surface area (Å²) >= 11 is 1.43. The SMILES string of the molecule is Cc1cc2nc(n1)N(C=O)CCCCC1CCCN(C1)c1cc(NSCCO)ccc1C(=O)N2. The molecule has 34 heavy (non-hydrogen) atoms. The van der Waals surface area contributed by atoms with Crippen LogP contribution in [-0.4, -0.2) is 59.4 Å². The van der Waals surface area contributed by atoms with E-state index in [1.165, 1.54) is 23.3 Å². The Hall–Kier alpha value is -2.85. The molecule has 0 radical (unpaired) electrons. The number of anilines is 4. The summed E-state index contributed by atoms with van der Waals surface area (Å²) < 4.78 is 3.26. The van der Waals surface area contributed by atoms with Crippen LogP contribution in [0.4, 0.5) is 23.1 Å². The van der Waals surface area contributed by atoms with Crippen LogP contribution in [0, 0.1) is 12.8 Å². The summed E-state index contributed by atoms with van der Waals surface area (Å²) in [5.74, 6) is 1.56. The third kappa shape index (κ3) is 5.98. The summed E-state index contributed by atoms with van der Waals surface area (Å²) in [7, 11) is 0. The number of nitrogens with one attached hydrogen (secondary N) is 2. The van der Waals surface area contributed by atoms with E-state index in [-0.39, 0.29) is 12.5 Å². The van der Waals surface area contributed by atoms with E-state index in [0.29, 0.717) is 41.2 Å². The Balaban J connectivity index is 1.70. The molecule has 4 bridgehead atoms. The van der Waals surface area contributed by atoms with Gasteiger partial charge in [-0.1, -0.05) is 18.4 Å². The fraction of sp³-hybridized carbons (Fsp3) is 0.500. The molecule has 0 spiro atoms. The van der Waals surface area contributed by atoms with Gasteiger partial charge < -0.3 is 20.0 Å². The van der Waals surface area contributed by atoms with Crippen LogP contribution in [0.5, 0.6) is 0 Å². The van der Waals surface area contributed by atoms with Crippen molar-refractivity contribution in [3.63, 3.8) is 0 Å². The maximum atomic E-state index is 13.4. The molecule has 4 rings (SSSR count). The van der Waals surface area contributed by atoms with Gasteiger partial charge in [-0.05, 0) is 56.7 Å². The summed E-state index contributed by atoms with van der Waals surface area (Å²) in [6.07, 6.45) is 5.98. The molecule has 10 heteroatoms. The number of fused-ring (bicyclic) bond motifs is 6. The molecule has 9 nitrogen and oxygen atoms in total. The first-order valence-electron chi connectivity index (χ1n) is 11.8. The van der Waals surface area contributed by atoms with Gasteiger partial charge in [-0.15, -0.1) is 0 Å². The van der Waals surface area contributed by atoms with Gasteiger partial charge in [0.15, 0.2) is 0 Å². The third-order valence-electron chi connectivity index (χ3n) is 6.21. The topological polar surface area (TPSA) is 111 Å². The normalized spacial score (nSPS) is 18.9. The summed E-state index contributed by atoms with van der Waals surface area (Å²) in [6.45, 7) is 4.28. The molecule has 0 aliphatic carbocycles. The predicted molar refractivity (Wildman–Crippen MR) is 137 cm³/mol. The zero-order valence-electron chi connectivity index (χ0n) is 19.5. The van der Waals surface area contributed by atoms with Gasteiger partial charge in [0, 0.05) is 42.8 Å². The first-order chi connectivity index (χ1) is 16.6. The van der Waals surface area contributed by atoms with Crippen molar-refractivity contribution >= 4 is 47.4 Å². The molecule has 0 saturated carbocycles. The van der Waals surface area contributed by atoms with Gasteiger partial charge in [-0.2, -0.15) is 4.98 Å². The molecule has 2 aromatic rings. The highest BCUT2D eigenvalue weighted by Crippen LogP contribution is 2.32. The number of aliphatic hydroxyl groups excluding tert-OH is 1. The molecule has 1 aromatic heterocycles. The molecule has 3 heterocycles. The number of hydrogen-bond acceptors (Lipinski definition) is 8. The molecule has 2 aliphatic heterocycles. The summed E-state index contributed by atoms with van der Waals surface area (Å²) in [4.78, 5) is 37.8. The lowest BCUT2D eigenvalue weighted by Gasteiger charge is -2.35. The Bertz CT molecular complexity index is 1020. The highest BCUT2D eigenvalue weighted by atomic mass is 32.2. The van der Waals surface area contributed by atoms with Crippen molar-refractivity contribution in [3.8, 4) is 0 Å². The quantitative estimate of drug-likeness (QED) is 0.336. The average Bonchev–Trinajstić information content (AvgIpc) is 2.83. The first-order valence-corrected chi connectivity index (χ1v) is 12.8. The molecule has 1 atom stereocenters. The minimum Gasteiger partial charge on any atom is -0.395 e. The van der Waals surface area contributed by atoms with Gasteiger partial charge in [-0.25, -0.2) is 4.98 Å². The van der Waals surface area contributed by atoms with Crippen LogP contribution in [0.3, 0.4) is 0 Å². The second-order valence-corrected chi connectivity index (χ2v) is 9.70. The van der Waals surface area contributed by atoms with Gasteiger partial charge in [0.25, 0.3) is 5.91 Å². The van der Waals surface area contributed by atoms with Crippen molar-refractivity contribution in [1.82, 2.24) is 9.97 Å². The molecule has 1 aromatic carbocycles. The second-order valence-electron chi connectivity index (χ2n) is 8.80. The smallest absolute Gasteiger partial charge is 0.258 e. The zero-order chi connectivity index (χ0) is 23.9. The Kier molecular flexibility index (Phi) is 8.23. The second kappa shape index (κ2) is 11.5. The molecular formula is C24H32N6O3S. The van der Waals surface area contributed by atoms with Crippen LogP contribution >= 0.6 is 11.9 Å². The van der Waals surface area contributed by atoms with Gasteiger partial charge >= 0.3 is 0 Å². The summed E-state index contributed by atoms with van der Waals surface area (Å²) in [5.41, 5.74) is 3.05. The number of benzene rings is 1. The molecule has 2 amide bonds. The number of carbonyl (C=O) groups is 2. The lowest BCUT2D eigenvalue weighted by Crippen LogP contribution is -2.36. The third-order valence-corrected chi connectivity index (χ3v) is 6.98. The summed E-state index contributed by atoms with van der Waals surface area (Å²) in [5, 5.41) is 12.0. The number of aryl methyl sites for hydroxylation is 1. The van der Waals surface area contributed by atoms with Crippen molar-refractivity contribution in [2.75, 3.05) is 51.8 Å². The number of nitrogens with zero attached hydrogens (tertiary/aromatic N) is 4. The minimum atomic E-state index is -0.247. The number of carbonyl (C=O) groups excluding carboxylic acids is 2. The van der Waals surface area contributed by atoms with Gasteiger partial charge in [0.2, 0.25) is 12.4 Å². The lowest BCUT2D eigenvalue weighted by atomic mass is 9.92. The van der Waals surface area contributed by atoms with Crippen LogP contribution < -0.4 is 19.8 Å². The van der Waals surface area contributed by atoms with E-state index in [4.69, 9.17) is 5.11 Å². The Labute approximate surface area is 204 Å². The molecule has 182 valence electrons. The van der Waals surface area contributed by atoms with E-state index in [9.17, 15) is 9.59 Å². The van der Waals surface area contributed by atoms with E-state index in [1.807, 2.05) is 25.1 Å². The lowest BCUT2D eigenvalue weighted by molar-refractivity contribution is -0.107. The monoisotopic (exact) mass is 484 g/mol. The van der Waals surface area contributed by atoms with Crippen LogP contribution in [0.25, 0.3) is 0 Å². The number of aliphatic hydroxyl groups is 1. The number of hydrogen-bond donors (Lipinski definition) is 3. The van der Waals surface area contributed by atoms with E-state index >= 15 is 0 Å². The van der Waals surface area contributed by atoms with Crippen LogP contribution in [0.2, 0.25) is 0 Å². The van der Waals surface area contributed by atoms with E-state index in [2.05, 4.69) is 24.9 Å². The standard InChI is InChI=1S/C24H32N6O3S/c1-17-13-22-26-23(33)20-8-7-19(28-34-12-11-31)14-21(20)29-10-4-6-18(15-29)5-2-3-9-30(16-32)24(25-17)27-22/h7-8,13-14,16,18,28,31H,2-6,9-12,15H2,1H3,(H,25,26,27,33). The summed E-state index contributed by atoms with van der Waals surface area (Å²) in [6, 6.07) is 7.44. The van der Waals surface area contributed by atoms with Crippen molar-refractivity contribution in [1.29, 1.82) is 0 Å². The maximum Gasteiger partial charge on any atom is 0.258 e. The van der Waals surface area contributed by atoms with Gasteiger partial charge in [0.05, 0.1) is 17.9 Å². The Morgan fingerprint density at radius 3 is 2.88 bits per heavy atom. The molecular weight excluding hydrogens is 452 g/mol. The van der Waals surface area contributed by atoms with Gasteiger partial charge in [0.1, 0.15) is 5.82 Å². The Morgan fingerprint density at radius 1 is 1.21 bits per heavy atom. The minimum absolute atomic E-state index is 0.0979. The van der Waals surface area contributed by atoms with Crippen molar-refractivity contribution in [2.45, 2.75) is 39.0 Å². The van der Waals surface area contributed by atoms with E-state index in [1.54, 1.807) is 6.07 Å². The average molecular weight is 485 g/mol. The number of piperidine rings is 1. The zero-order valence-corrected chi connectivity index (χ0v) is 20.3. The van der Waals surface area contributed by atoms with Crippen molar-refractivity contribution in [2.24, 2.45) is 5.92 Å². The van der Waals surface area contributed by atoms with E-state index in [0.717, 1.165) is 56.6 Å². The van der Waals surface area contributed by atoms with E-state index < -0.39 is 0 Å². The molecule has 1 saturated heterocycles. The van der Waals surface area contributed by atoms with Crippen LogP contribution in [-0.2, 0) is 4.79 Å². The highest BCUT2D eigenvalue weighted by molar-refractivity contribution is 8.00. The van der Waals surface area contributed by atoms with Crippen LogP contribution in [0.1, 0.15) is 48.2 Å². The fourth-order valence-corrected chi connectivity index (χ4v) is 5.08. The Morgan fingerprint density at radius 2 is 2.06 bits per heavy atom. The van der Waals surface area contributed by atoms with Gasteiger partial charge in [-0.3, -0.25) is 14.5 Å². The highest BCUT2D eigenvalue weighted by Gasteiger charge is 2.25. The molecule has 1 unspecified atom stereocenters. The number of rotatable bonds is 5. The number of amides is 2. The number of aromatic nitrogens is 2. The molecule has 2 aliphatic rings. The largest absolute Gasteiger partial charge is 0.395 e.